The highest BCUT2D eigenvalue weighted by molar-refractivity contribution is 14.1. The second-order valence-corrected chi connectivity index (χ2v) is 4.13. The summed E-state index contributed by atoms with van der Waals surface area (Å²) < 4.78 is 0. The molecule has 0 unspecified atom stereocenters. The van der Waals surface area contributed by atoms with Gasteiger partial charge in [-0.15, -0.1) is 22.4 Å². The number of nitrogens with two attached hydrogens (primary N) is 1. The zero-order chi connectivity index (χ0) is 10.1. The number of hydrogen-bond donors (Lipinski definition) is 1. The van der Waals surface area contributed by atoms with Crippen LogP contribution in [0.3, 0.4) is 0 Å². The lowest BCUT2D eigenvalue weighted by Crippen LogP contribution is -2.18. The maximum Gasteiger partial charge on any atom is 0.279 e. The fraction of sp³-hybridized carbons (Fsp3) is 0.889. The van der Waals surface area contributed by atoms with Gasteiger partial charge < -0.3 is 10.5 Å². The van der Waals surface area contributed by atoms with Crippen molar-refractivity contribution in [2.75, 3.05) is 6.54 Å². The first-order chi connectivity index (χ1) is 6.26. The highest BCUT2D eigenvalue weighted by atomic mass is 127. The third-order valence-electron chi connectivity index (χ3n) is 2.23. The third-order valence-corrected chi connectivity index (χ3v) is 2.98. The zero-order valence-electron chi connectivity index (χ0n) is 8.39. The highest BCUT2D eigenvalue weighted by Gasteiger charge is 2.15. The standard InChI is InChI=1S/C9H19BINO/c1-2-5-8(9(13)10-11)6-3-4-7-12/h8,10H,2-7,12H2,1H3/t8-/m0/s1. The van der Waals surface area contributed by atoms with Crippen molar-refractivity contribution in [1.29, 1.82) is 0 Å². The topological polar surface area (TPSA) is 43.1 Å². The molecule has 13 heavy (non-hydrogen) atoms. The Kier molecular flexibility index (Phi) is 9.29. The lowest BCUT2D eigenvalue weighted by molar-refractivity contribution is -0.115. The first kappa shape index (κ1) is 13.4. The molecule has 0 amide bonds. The van der Waals surface area contributed by atoms with Gasteiger partial charge in [-0.05, 0) is 25.8 Å². The second-order valence-electron chi connectivity index (χ2n) is 3.37. The molecule has 1 atom stereocenters. The fourth-order valence-electron chi connectivity index (χ4n) is 1.46. The van der Waals surface area contributed by atoms with Gasteiger partial charge in [0.25, 0.3) is 5.14 Å². The minimum atomic E-state index is 0.299. The van der Waals surface area contributed by atoms with Gasteiger partial charge in [-0.1, -0.05) is 19.8 Å². The maximum atomic E-state index is 11.5. The molecule has 0 aromatic heterocycles. The average Bonchev–Trinajstić information content (AvgIpc) is 2.16. The van der Waals surface area contributed by atoms with E-state index >= 15 is 0 Å². The molecular weight excluding hydrogens is 276 g/mol. The number of rotatable bonds is 8. The van der Waals surface area contributed by atoms with Crippen molar-refractivity contribution in [2.24, 2.45) is 11.7 Å². The third kappa shape index (κ3) is 6.49. The zero-order valence-corrected chi connectivity index (χ0v) is 10.5. The van der Waals surface area contributed by atoms with Crippen LogP contribution in [0.5, 0.6) is 0 Å². The molecule has 0 rings (SSSR count). The van der Waals surface area contributed by atoms with Gasteiger partial charge in [0.2, 0.25) is 0 Å². The predicted molar refractivity (Wildman–Crippen MR) is 67.5 cm³/mol. The summed E-state index contributed by atoms with van der Waals surface area (Å²) in [5, 5.41) is 0.658. The molecule has 2 N–H and O–H groups in total. The largest absolute Gasteiger partial charge is 0.330 e. The molecule has 2 nitrogen and oxygen atoms in total. The summed E-state index contributed by atoms with van der Waals surface area (Å²) in [7, 11) is 0. The Bertz CT molecular complexity index is 144. The van der Waals surface area contributed by atoms with Gasteiger partial charge in [0, 0.05) is 5.92 Å². The molecule has 0 fully saturated rings. The summed E-state index contributed by atoms with van der Waals surface area (Å²) in [4.78, 5) is 11.5. The van der Waals surface area contributed by atoms with E-state index in [9.17, 15) is 4.79 Å². The number of hydrogen-bond acceptors (Lipinski definition) is 2. The Morgan fingerprint density at radius 1 is 1.46 bits per heavy atom. The molecule has 0 bridgehead atoms. The van der Waals surface area contributed by atoms with Crippen molar-refractivity contribution >= 4 is 33.2 Å². The van der Waals surface area contributed by atoms with Crippen LogP contribution in [-0.2, 0) is 4.79 Å². The summed E-state index contributed by atoms with van der Waals surface area (Å²) in [6.45, 7) is 2.88. The van der Waals surface area contributed by atoms with E-state index in [0.29, 0.717) is 16.7 Å². The van der Waals surface area contributed by atoms with Crippen LogP contribution >= 0.6 is 22.4 Å². The molecule has 76 valence electrons. The first-order valence-corrected chi connectivity index (χ1v) is 6.57. The number of unbranched alkanes of at least 4 members (excludes halogenated alkanes) is 1. The number of carbonyl (C=O) groups is 1. The summed E-state index contributed by atoms with van der Waals surface area (Å²) in [6.07, 6.45) is 5.34. The van der Waals surface area contributed by atoms with Crippen molar-refractivity contribution in [2.45, 2.75) is 39.0 Å². The first-order valence-electron chi connectivity index (χ1n) is 5.05. The van der Waals surface area contributed by atoms with Gasteiger partial charge in [-0.2, -0.15) is 0 Å². The quantitative estimate of drug-likeness (QED) is 0.422. The van der Waals surface area contributed by atoms with Gasteiger partial charge in [-0.3, -0.25) is 0 Å². The molecular formula is C9H19BINO. The Labute approximate surface area is 95.1 Å². The Morgan fingerprint density at radius 2 is 2.15 bits per heavy atom. The molecule has 0 aromatic rings. The van der Waals surface area contributed by atoms with Crippen LogP contribution in [-0.4, -0.2) is 17.4 Å². The monoisotopic (exact) mass is 295 g/mol. The summed E-state index contributed by atoms with van der Waals surface area (Å²) in [6, 6.07) is 0. The van der Waals surface area contributed by atoms with E-state index in [1.165, 1.54) is 0 Å². The SMILES string of the molecule is CCC[C@@H](CCCCN)C(=O)BI. The molecule has 0 aromatic carbocycles. The van der Waals surface area contributed by atoms with E-state index < -0.39 is 0 Å². The van der Waals surface area contributed by atoms with Crippen molar-refractivity contribution < 1.29 is 4.79 Å². The van der Waals surface area contributed by atoms with Gasteiger partial charge in [0.1, 0.15) is 5.68 Å². The summed E-state index contributed by atoms with van der Waals surface area (Å²) in [5.41, 5.74) is 5.83. The molecule has 0 heterocycles. The molecule has 0 aliphatic heterocycles. The Balaban J connectivity index is 3.73. The van der Waals surface area contributed by atoms with Gasteiger partial charge in [0.15, 0.2) is 0 Å². The van der Waals surface area contributed by atoms with Crippen LogP contribution in [0.1, 0.15) is 39.0 Å². The Hall–Kier alpha value is 0.425. The minimum absolute atomic E-state index is 0.299. The van der Waals surface area contributed by atoms with E-state index in [2.05, 4.69) is 29.3 Å². The van der Waals surface area contributed by atoms with Crippen molar-refractivity contribution in [1.82, 2.24) is 0 Å². The van der Waals surface area contributed by atoms with Crippen molar-refractivity contribution in [3.63, 3.8) is 0 Å². The van der Waals surface area contributed by atoms with E-state index in [4.69, 9.17) is 5.73 Å². The maximum absolute atomic E-state index is 11.5. The van der Waals surface area contributed by atoms with Crippen LogP contribution in [0.4, 0.5) is 0 Å². The van der Waals surface area contributed by atoms with Crippen molar-refractivity contribution in [3.05, 3.63) is 0 Å². The van der Waals surface area contributed by atoms with Crippen LogP contribution < -0.4 is 5.73 Å². The van der Waals surface area contributed by atoms with Crippen LogP contribution in [0.25, 0.3) is 0 Å². The second kappa shape index (κ2) is 9.00. The smallest absolute Gasteiger partial charge is 0.279 e. The molecule has 0 aliphatic carbocycles. The number of carbonyl (C=O) groups excluding carboxylic acids is 1. The normalized spacial score (nSPS) is 12.5. The highest BCUT2D eigenvalue weighted by Crippen LogP contribution is 2.16. The van der Waals surface area contributed by atoms with Gasteiger partial charge >= 0.3 is 0 Å². The number of halogens is 1. The molecule has 0 saturated carbocycles. The average molecular weight is 295 g/mol. The van der Waals surface area contributed by atoms with Crippen LogP contribution in [0, 0.1) is 5.92 Å². The molecule has 0 radical (unpaired) electrons. The predicted octanol–water partition coefficient (Wildman–Crippen LogP) is 1.84. The Morgan fingerprint density at radius 3 is 2.62 bits per heavy atom. The van der Waals surface area contributed by atoms with E-state index in [1.807, 2.05) is 0 Å². The summed E-state index contributed by atoms with van der Waals surface area (Å²) in [5.74, 6) is 0.299. The molecule has 0 aliphatic rings. The molecule has 0 spiro atoms. The summed E-state index contributed by atoms with van der Waals surface area (Å²) >= 11 is 2.16. The van der Waals surface area contributed by atoms with E-state index in [-0.39, 0.29) is 0 Å². The van der Waals surface area contributed by atoms with Crippen LogP contribution in [0.15, 0.2) is 0 Å². The van der Waals surface area contributed by atoms with Crippen molar-refractivity contribution in [3.8, 4) is 0 Å². The lowest BCUT2D eigenvalue weighted by Gasteiger charge is -2.12. The van der Waals surface area contributed by atoms with Gasteiger partial charge in [0.05, 0.1) is 0 Å². The fourth-order valence-corrected chi connectivity index (χ4v) is 2.08. The minimum Gasteiger partial charge on any atom is -0.330 e. The van der Waals surface area contributed by atoms with Gasteiger partial charge in [-0.25, -0.2) is 0 Å². The van der Waals surface area contributed by atoms with Crippen LogP contribution in [0.2, 0.25) is 0 Å². The molecule has 0 saturated heterocycles. The van der Waals surface area contributed by atoms with E-state index in [1.54, 1.807) is 0 Å². The van der Waals surface area contributed by atoms with E-state index in [0.717, 1.165) is 38.6 Å². The molecule has 4 heteroatoms. The lowest BCUT2D eigenvalue weighted by atomic mass is 9.83.